The molecular formula is C15H26N2O4. The molecule has 2 aliphatic rings. The predicted molar refractivity (Wildman–Crippen MR) is 77.9 cm³/mol. The van der Waals surface area contributed by atoms with Crippen LogP contribution in [0.3, 0.4) is 0 Å². The first kappa shape index (κ1) is 16.1. The number of piperidine rings is 1. The largest absolute Gasteiger partial charge is 0.481 e. The summed E-state index contributed by atoms with van der Waals surface area (Å²) in [6.45, 7) is 4.30. The van der Waals surface area contributed by atoms with Crippen LogP contribution < -0.4 is 0 Å². The lowest BCUT2D eigenvalue weighted by molar-refractivity contribution is -0.148. The van der Waals surface area contributed by atoms with Crippen molar-refractivity contribution in [2.24, 2.45) is 11.3 Å². The predicted octanol–water partition coefficient (Wildman–Crippen LogP) is 1.39. The average molecular weight is 298 g/mol. The van der Waals surface area contributed by atoms with Gasteiger partial charge >= 0.3 is 12.0 Å². The van der Waals surface area contributed by atoms with Gasteiger partial charge in [0.15, 0.2) is 0 Å². The molecule has 21 heavy (non-hydrogen) atoms. The van der Waals surface area contributed by atoms with Gasteiger partial charge in [-0.05, 0) is 38.0 Å². The van der Waals surface area contributed by atoms with Gasteiger partial charge in [-0.25, -0.2) is 4.79 Å². The monoisotopic (exact) mass is 298 g/mol. The van der Waals surface area contributed by atoms with Gasteiger partial charge in [0.1, 0.15) is 0 Å². The summed E-state index contributed by atoms with van der Waals surface area (Å²) >= 11 is 0. The zero-order chi connectivity index (χ0) is 15.5. The van der Waals surface area contributed by atoms with Gasteiger partial charge in [-0.1, -0.05) is 6.92 Å². The molecule has 6 nitrogen and oxygen atoms in total. The number of nitrogens with zero attached hydrogens (tertiary/aromatic N) is 2. The van der Waals surface area contributed by atoms with Gasteiger partial charge < -0.3 is 20.0 Å². The maximum atomic E-state index is 12.6. The lowest BCUT2D eigenvalue weighted by atomic mass is 9.84. The summed E-state index contributed by atoms with van der Waals surface area (Å²) < 4.78 is 0. The first-order chi connectivity index (χ1) is 10.0. The molecule has 0 aliphatic carbocycles. The third-order valence-corrected chi connectivity index (χ3v) is 5.08. The Labute approximate surface area is 125 Å². The molecule has 2 atom stereocenters. The summed E-state index contributed by atoms with van der Waals surface area (Å²) in [6.07, 6.45) is 3.84. The molecule has 0 bridgehead atoms. The van der Waals surface area contributed by atoms with Crippen LogP contribution >= 0.6 is 0 Å². The zero-order valence-electron chi connectivity index (χ0n) is 12.8. The van der Waals surface area contributed by atoms with Crippen LogP contribution in [0.4, 0.5) is 4.79 Å². The van der Waals surface area contributed by atoms with Gasteiger partial charge in [0.25, 0.3) is 0 Å². The first-order valence-electron chi connectivity index (χ1n) is 7.90. The number of carboxylic acid groups (broad SMARTS) is 1. The van der Waals surface area contributed by atoms with Gasteiger partial charge in [-0.15, -0.1) is 0 Å². The third-order valence-electron chi connectivity index (χ3n) is 5.08. The second-order valence-electron chi connectivity index (χ2n) is 6.36. The topological polar surface area (TPSA) is 81.1 Å². The smallest absolute Gasteiger partial charge is 0.320 e. The summed E-state index contributed by atoms with van der Waals surface area (Å²) in [6, 6.07) is -0.0331. The van der Waals surface area contributed by atoms with Crippen molar-refractivity contribution in [3.05, 3.63) is 0 Å². The number of carbonyl (C=O) groups is 2. The molecule has 0 spiro atoms. The SMILES string of the molecule is CCC1(C(=O)O)CCN(C(=O)N2CCCC(CCO)C2)C1. The minimum absolute atomic E-state index is 0.0331. The van der Waals surface area contributed by atoms with E-state index in [0.29, 0.717) is 38.4 Å². The Kier molecular flexibility index (Phi) is 5.08. The van der Waals surface area contributed by atoms with E-state index in [-0.39, 0.29) is 12.6 Å². The molecule has 0 aromatic carbocycles. The molecule has 0 aromatic rings. The second-order valence-corrected chi connectivity index (χ2v) is 6.36. The third kappa shape index (κ3) is 3.31. The molecule has 2 amide bonds. The van der Waals surface area contributed by atoms with Crippen molar-refractivity contribution in [3.8, 4) is 0 Å². The summed E-state index contributed by atoms with van der Waals surface area (Å²) in [5.41, 5.74) is -0.768. The fourth-order valence-electron chi connectivity index (χ4n) is 3.51. The number of aliphatic carboxylic acids is 1. The minimum Gasteiger partial charge on any atom is -0.481 e. The number of carbonyl (C=O) groups excluding carboxylic acids is 1. The number of amides is 2. The van der Waals surface area contributed by atoms with E-state index in [9.17, 15) is 14.7 Å². The Morgan fingerprint density at radius 1 is 1.29 bits per heavy atom. The highest BCUT2D eigenvalue weighted by atomic mass is 16.4. The van der Waals surface area contributed by atoms with E-state index in [4.69, 9.17) is 5.11 Å². The highest BCUT2D eigenvalue weighted by Crippen LogP contribution is 2.35. The van der Waals surface area contributed by atoms with Crippen molar-refractivity contribution < 1.29 is 19.8 Å². The van der Waals surface area contributed by atoms with E-state index < -0.39 is 11.4 Å². The summed E-state index contributed by atoms with van der Waals surface area (Å²) in [4.78, 5) is 27.6. The first-order valence-corrected chi connectivity index (χ1v) is 7.90. The average Bonchev–Trinajstić information content (AvgIpc) is 2.93. The molecule has 2 rings (SSSR count). The highest BCUT2D eigenvalue weighted by Gasteiger charge is 2.45. The minimum atomic E-state index is -0.794. The van der Waals surface area contributed by atoms with E-state index in [0.717, 1.165) is 25.8 Å². The molecule has 2 N–H and O–H groups in total. The molecule has 2 saturated heterocycles. The number of carboxylic acids is 1. The van der Waals surface area contributed by atoms with Crippen molar-refractivity contribution in [1.82, 2.24) is 9.80 Å². The molecule has 120 valence electrons. The number of aliphatic hydroxyl groups is 1. The van der Waals surface area contributed by atoms with E-state index in [1.54, 1.807) is 4.90 Å². The Morgan fingerprint density at radius 3 is 2.62 bits per heavy atom. The molecule has 0 aromatic heterocycles. The number of rotatable bonds is 4. The summed E-state index contributed by atoms with van der Waals surface area (Å²) in [5, 5.41) is 18.4. The highest BCUT2D eigenvalue weighted by molar-refractivity contribution is 5.79. The fraction of sp³-hybridized carbons (Fsp3) is 0.867. The van der Waals surface area contributed by atoms with Gasteiger partial charge in [0.2, 0.25) is 0 Å². The van der Waals surface area contributed by atoms with Crippen LogP contribution in [-0.4, -0.2) is 64.8 Å². The molecular weight excluding hydrogens is 272 g/mol. The normalized spacial score (nSPS) is 29.7. The van der Waals surface area contributed by atoms with Crippen molar-refractivity contribution in [2.45, 2.75) is 39.0 Å². The van der Waals surface area contributed by atoms with Crippen LogP contribution in [0.25, 0.3) is 0 Å². The maximum Gasteiger partial charge on any atom is 0.320 e. The van der Waals surface area contributed by atoms with Gasteiger partial charge in [0, 0.05) is 32.8 Å². The molecule has 2 fully saturated rings. The van der Waals surface area contributed by atoms with Crippen molar-refractivity contribution in [3.63, 3.8) is 0 Å². The van der Waals surface area contributed by atoms with Gasteiger partial charge in [-0.3, -0.25) is 4.79 Å². The van der Waals surface area contributed by atoms with Crippen molar-refractivity contribution in [1.29, 1.82) is 0 Å². The Hall–Kier alpha value is -1.30. The van der Waals surface area contributed by atoms with E-state index in [1.165, 1.54) is 0 Å². The number of likely N-dealkylation sites (tertiary alicyclic amines) is 2. The van der Waals surface area contributed by atoms with Gasteiger partial charge in [0.05, 0.1) is 5.41 Å². The quantitative estimate of drug-likeness (QED) is 0.822. The van der Waals surface area contributed by atoms with Gasteiger partial charge in [-0.2, -0.15) is 0 Å². The summed E-state index contributed by atoms with van der Waals surface area (Å²) in [5.74, 6) is -0.428. The van der Waals surface area contributed by atoms with Crippen LogP contribution in [0, 0.1) is 11.3 Å². The second kappa shape index (κ2) is 6.64. The van der Waals surface area contributed by atoms with E-state index in [1.807, 2.05) is 11.8 Å². The van der Waals surface area contributed by atoms with E-state index >= 15 is 0 Å². The van der Waals surface area contributed by atoms with Crippen molar-refractivity contribution >= 4 is 12.0 Å². The molecule has 0 radical (unpaired) electrons. The summed E-state index contributed by atoms with van der Waals surface area (Å²) in [7, 11) is 0. The Balaban J connectivity index is 1.96. The molecule has 2 heterocycles. The number of aliphatic hydroxyl groups excluding tert-OH is 1. The standard InChI is InChI=1S/C15H26N2O4/c1-2-15(13(19)20)6-8-17(11-15)14(21)16-7-3-4-12(10-16)5-9-18/h12,18H,2-11H2,1H3,(H,19,20). The van der Waals surface area contributed by atoms with E-state index in [2.05, 4.69) is 0 Å². The molecule has 2 aliphatic heterocycles. The fourth-order valence-corrected chi connectivity index (χ4v) is 3.51. The van der Waals surface area contributed by atoms with Crippen molar-refractivity contribution in [2.75, 3.05) is 32.8 Å². The van der Waals surface area contributed by atoms with Crippen LogP contribution in [-0.2, 0) is 4.79 Å². The molecule has 0 saturated carbocycles. The number of hydrogen-bond donors (Lipinski definition) is 2. The lowest BCUT2D eigenvalue weighted by Gasteiger charge is -2.35. The maximum absolute atomic E-state index is 12.6. The molecule has 2 unspecified atom stereocenters. The molecule has 6 heteroatoms. The Bertz CT molecular complexity index is 399. The Morgan fingerprint density at radius 2 is 2.05 bits per heavy atom. The zero-order valence-corrected chi connectivity index (χ0v) is 12.8. The van der Waals surface area contributed by atoms with Crippen LogP contribution in [0.5, 0.6) is 0 Å². The number of urea groups is 1. The van der Waals surface area contributed by atoms with Crippen LogP contribution in [0.1, 0.15) is 39.0 Å². The van der Waals surface area contributed by atoms with Crippen LogP contribution in [0.15, 0.2) is 0 Å². The number of hydrogen-bond acceptors (Lipinski definition) is 3. The van der Waals surface area contributed by atoms with Crippen LogP contribution in [0.2, 0.25) is 0 Å². The lowest BCUT2D eigenvalue weighted by Crippen LogP contribution is -2.48.